The first-order valence-electron chi connectivity index (χ1n) is 10.8. The first kappa shape index (κ1) is 23.3. The third kappa shape index (κ3) is 4.62. The van der Waals surface area contributed by atoms with Crippen molar-refractivity contribution in [3.63, 3.8) is 0 Å². The Bertz CT molecular complexity index is 978. The van der Waals surface area contributed by atoms with Crippen molar-refractivity contribution in [2.45, 2.75) is 19.9 Å². The van der Waals surface area contributed by atoms with Gasteiger partial charge in [-0.2, -0.15) is 0 Å². The number of hydrogen-bond donors (Lipinski definition) is 2. The second kappa shape index (κ2) is 10.3. The van der Waals surface area contributed by atoms with Gasteiger partial charge in [0.1, 0.15) is 17.3 Å². The van der Waals surface area contributed by atoms with Gasteiger partial charge in [0.15, 0.2) is 0 Å². The molecule has 0 spiro atoms. The minimum Gasteiger partial charge on any atom is -0.507 e. The summed E-state index contributed by atoms with van der Waals surface area (Å²) in [7, 11) is 3.14. The molecule has 1 aliphatic heterocycles. The molecule has 170 valence electrons. The number of nitrogens with zero attached hydrogens (tertiary/aromatic N) is 1. The third-order valence-electron chi connectivity index (χ3n) is 6.04. The summed E-state index contributed by atoms with van der Waals surface area (Å²) in [6.45, 7) is 7.18. The Labute approximate surface area is 188 Å². The Morgan fingerprint density at radius 1 is 0.938 bits per heavy atom. The predicted molar refractivity (Wildman–Crippen MR) is 122 cm³/mol. The number of aliphatic hydroxyl groups is 1. The van der Waals surface area contributed by atoms with Crippen LogP contribution in [0.4, 0.5) is 0 Å². The third-order valence-corrected chi connectivity index (χ3v) is 6.04. The number of quaternary nitrogens is 1. The van der Waals surface area contributed by atoms with Crippen LogP contribution >= 0.6 is 0 Å². The van der Waals surface area contributed by atoms with Crippen molar-refractivity contribution in [1.82, 2.24) is 4.90 Å². The van der Waals surface area contributed by atoms with Crippen molar-refractivity contribution < 1.29 is 29.1 Å². The van der Waals surface area contributed by atoms with E-state index in [0.717, 1.165) is 25.2 Å². The molecule has 0 radical (unpaired) electrons. The summed E-state index contributed by atoms with van der Waals surface area (Å²) in [5.41, 5.74) is 1.30. The van der Waals surface area contributed by atoms with E-state index in [-0.39, 0.29) is 11.3 Å². The molecule has 0 unspecified atom stereocenters. The average molecular weight is 440 g/mol. The number of likely N-dealkylation sites (N-methyl/N-ethyl adjacent to an activating group) is 1. The minimum absolute atomic E-state index is 0.0971. The van der Waals surface area contributed by atoms with Crippen LogP contribution in [0.3, 0.4) is 0 Å². The van der Waals surface area contributed by atoms with E-state index >= 15 is 0 Å². The van der Waals surface area contributed by atoms with Crippen molar-refractivity contribution in [2.75, 3.05) is 40.4 Å². The number of methoxy groups -OCH3 is 2. The van der Waals surface area contributed by atoms with Gasteiger partial charge in [-0.05, 0) is 55.8 Å². The normalized spacial score (nSPS) is 17.8. The number of carbonyl (C=O) groups is 2. The van der Waals surface area contributed by atoms with Crippen LogP contribution in [-0.4, -0.2) is 62.1 Å². The number of ether oxygens (including phenoxy) is 2. The highest BCUT2D eigenvalue weighted by atomic mass is 16.5. The lowest BCUT2D eigenvalue weighted by atomic mass is 9.95. The fourth-order valence-corrected chi connectivity index (χ4v) is 4.03. The second-order valence-corrected chi connectivity index (χ2v) is 7.70. The van der Waals surface area contributed by atoms with Crippen LogP contribution < -0.4 is 14.4 Å². The van der Waals surface area contributed by atoms with Crippen LogP contribution in [-0.2, 0) is 9.59 Å². The van der Waals surface area contributed by atoms with Crippen LogP contribution in [0.25, 0.3) is 5.76 Å². The predicted octanol–water partition coefficient (Wildman–Crippen LogP) is 2.05. The zero-order valence-electron chi connectivity index (χ0n) is 19.1. The summed E-state index contributed by atoms with van der Waals surface area (Å²) in [6.07, 6.45) is 0. The number of carbonyl (C=O) groups excluding carboxylic acids is 2. The molecular formula is C25H31N2O5+. The molecule has 1 saturated heterocycles. The summed E-state index contributed by atoms with van der Waals surface area (Å²) in [6, 6.07) is 13.3. The summed E-state index contributed by atoms with van der Waals surface area (Å²) < 4.78 is 10.4. The van der Waals surface area contributed by atoms with E-state index in [4.69, 9.17) is 9.47 Å². The Morgan fingerprint density at radius 3 is 1.97 bits per heavy atom. The molecule has 2 aromatic carbocycles. The average Bonchev–Trinajstić information content (AvgIpc) is 3.09. The molecule has 7 nitrogen and oxygen atoms in total. The smallest absolute Gasteiger partial charge is 0.295 e. The molecule has 0 aliphatic carbocycles. The number of amides is 1. The van der Waals surface area contributed by atoms with Gasteiger partial charge in [-0.1, -0.05) is 12.1 Å². The number of nitrogens with one attached hydrogen (secondary N) is 1. The zero-order valence-corrected chi connectivity index (χ0v) is 19.1. The fraction of sp³-hybridized carbons (Fsp3) is 0.360. The molecule has 3 rings (SSSR count). The Morgan fingerprint density at radius 2 is 1.47 bits per heavy atom. The summed E-state index contributed by atoms with van der Waals surface area (Å²) >= 11 is 0. The van der Waals surface area contributed by atoms with E-state index in [2.05, 4.69) is 13.8 Å². The molecule has 1 amide bonds. The Hall–Kier alpha value is -3.32. The van der Waals surface area contributed by atoms with Crippen molar-refractivity contribution in [1.29, 1.82) is 0 Å². The number of ketones is 1. The first-order valence-corrected chi connectivity index (χ1v) is 10.8. The second-order valence-electron chi connectivity index (χ2n) is 7.70. The zero-order chi connectivity index (χ0) is 23.3. The molecule has 0 bridgehead atoms. The van der Waals surface area contributed by atoms with Crippen LogP contribution in [0, 0.1) is 0 Å². The first-order chi connectivity index (χ1) is 15.4. The van der Waals surface area contributed by atoms with Crippen LogP contribution in [0.2, 0.25) is 0 Å². The Kier molecular flexibility index (Phi) is 7.53. The number of aliphatic hydroxyl groups excluding tert-OH is 1. The number of benzene rings is 2. The molecule has 7 heteroatoms. The maximum atomic E-state index is 13.1. The molecule has 2 N–H and O–H groups in total. The van der Waals surface area contributed by atoms with Gasteiger partial charge < -0.3 is 24.4 Å². The molecule has 1 atom stereocenters. The SMILES string of the molecule is CC[NH+](CC)CCN1C(=O)C(=O)C(=C(O)c2ccc(OC)cc2)[C@H]1c1ccc(OC)cc1. The molecule has 2 aromatic rings. The molecule has 0 saturated carbocycles. The number of rotatable bonds is 9. The van der Waals surface area contributed by atoms with E-state index in [1.54, 1.807) is 55.5 Å². The van der Waals surface area contributed by atoms with Gasteiger partial charge in [0.2, 0.25) is 0 Å². The lowest BCUT2D eigenvalue weighted by Crippen LogP contribution is -3.12. The van der Waals surface area contributed by atoms with Crippen molar-refractivity contribution in [3.05, 3.63) is 65.2 Å². The van der Waals surface area contributed by atoms with Crippen molar-refractivity contribution >= 4 is 17.4 Å². The fourth-order valence-electron chi connectivity index (χ4n) is 4.03. The largest absolute Gasteiger partial charge is 0.507 e. The van der Waals surface area contributed by atoms with Gasteiger partial charge in [-0.25, -0.2) is 0 Å². The number of likely N-dealkylation sites (tertiary alicyclic amines) is 1. The van der Waals surface area contributed by atoms with Gasteiger partial charge in [-0.3, -0.25) is 9.59 Å². The lowest BCUT2D eigenvalue weighted by Gasteiger charge is -2.27. The van der Waals surface area contributed by atoms with Gasteiger partial charge in [-0.15, -0.1) is 0 Å². The lowest BCUT2D eigenvalue weighted by molar-refractivity contribution is -0.895. The highest BCUT2D eigenvalue weighted by molar-refractivity contribution is 6.46. The van der Waals surface area contributed by atoms with Gasteiger partial charge in [0, 0.05) is 5.56 Å². The topological polar surface area (TPSA) is 80.5 Å². The van der Waals surface area contributed by atoms with Crippen LogP contribution in [0.15, 0.2) is 54.1 Å². The quantitative estimate of drug-likeness (QED) is 0.355. The van der Waals surface area contributed by atoms with E-state index in [1.165, 1.54) is 4.90 Å². The van der Waals surface area contributed by atoms with Crippen molar-refractivity contribution in [2.24, 2.45) is 0 Å². The Balaban J connectivity index is 2.07. The number of hydrogen-bond acceptors (Lipinski definition) is 5. The van der Waals surface area contributed by atoms with E-state index in [9.17, 15) is 14.7 Å². The summed E-state index contributed by atoms with van der Waals surface area (Å²) in [5.74, 6) is -0.144. The van der Waals surface area contributed by atoms with E-state index in [1.807, 2.05) is 12.1 Å². The number of Topliss-reactive ketones (excluding diaryl/α,β-unsaturated/α-hetero) is 1. The summed E-state index contributed by atoms with van der Waals surface area (Å²) in [4.78, 5) is 29.0. The molecule has 1 heterocycles. The molecule has 1 fully saturated rings. The maximum absolute atomic E-state index is 13.1. The molecule has 0 aromatic heterocycles. The summed E-state index contributed by atoms with van der Waals surface area (Å²) in [5, 5.41) is 11.1. The van der Waals surface area contributed by atoms with Gasteiger partial charge >= 0.3 is 0 Å². The van der Waals surface area contributed by atoms with Gasteiger partial charge in [0.25, 0.3) is 11.7 Å². The highest BCUT2D eigenvalue weighted by Crippen LogP contribution is 2.39. The van der Waals surface area contributed by atoms with Crippen LogP contribution in [0.1, 0.15) is 31.0 Å². The molecular weight excluding hydrogens is 408 g/mol. The molecule has 1 aliphatic rings. The van der Waals surface area contributed by atoms with E-state index in [0.29, 0.717) is 23.6 Å². The van der Waals surface area contributed by atoms with E-state index < -0.39 is 17.7 Å². The highest BCUT2D eigenvalue weighted by Gasteiger charge is 2.46. The maximum Gasteiger partial charge on any atom is 0.295 e. The monoisotopic (exact) mass is 439 g/mol. The minimum atomic E-state index is -0.673. The molecule has 32 heavy (non-hydrogen) atoms. The standard InChI is InChI=1S/C25H30N2O5/c1-5-26(6-2)15-16-27-22(17-7-11-19(31-3)12-8-17)21(24(29)25(27)30)23(28)18-9-13-20(32-4)14-10-18/h7-14,22,28H,5-6,15-16H2,1-4H3/p+1/t22-/m1/s1. The van der Waals surface area contributed by atoms with Crippen LogP contribution in [0.5, 0.6) is 11.5 Å². The van der Waals surface area contributed by atoms with Gasteiger partial charge in [0.05, 0.1) is 52.0 Å². The van der Waals surface area contributed by atoms with Crippen molar-refractivity contribution in [3.8, 4) is 11.5 Å².